The van der Waals surface area contributed by atoms with Crippen LogP contribution in [0, 0.1) is 0 Å². The molecule has 0 bridgehead atoms. The Balaban J connectivity index is 1.56. The summed E-state index contributed by atoms with van der Waals surface area (Å²) in [5.41, 5.74) is 8.28. The molecule has 4 rings (SSSR count). The molecule has 6 heteroatoms. The van der Waals surface area contributed by atoms with Crippen LogP contribution in [0.15, 0.2) is 42.7 Å². The van der Waals surface area contributed by atoms with Crippen LogP contribution in [-0.4, -0.2) is 52.5 Å². The van der Waals surface area contributed by atoms with Crippen LogP contribution in [0.2, 0.25) is 0 Å². The van der Waals surface area contributed by atoms with Gasteiger partial charge in [0.2, 0.25) is 5.91 Å². The maximum atomic E-state index is 12.0. The maximum absolute atomic E-state index is 12.0. The Morgan fingerprint density at radius 1 is 1.12 bits per heavy atom. The maximum Gasteiger partial charge on any atom is 0.223 e. The summed E-state index contributed by atoms with van der Waals surface area (Å²) in [6.07, 6.45) is 3.18. The van der Waals surface area contributed by atoms with Crippen molar-refractivity contribution >= 4 is 11.7 Å². The smallest absolute Gasteiger partial charge is 0.223 e. The summed E-state index contributed by atoms with van der Waals surface area (Å²) >= 11 is 0. The molecule has 24 heavy (non-hydrogen) atoms. The third kappa shape index (κ3) is 2.73. The number of benzene rings is 1. The number of likely N-dealkylation sites (tertiary alicyclic amines) is 1. The van der Waals surface area contributed by atoms with Crippen LogP contribution in [0.5, 0.6) is 0 Å². The molecule has 1 aromatic heterocycles. The quantitative estimate of drug-likeness (QED) is 0.921. The first-order valence-electron chi connectivity index (χ1n) is 8.40. The van der Waals surface area contributed by atoms with E-state index in [1.807, 2.05) is 41.3 Å². The van der Waals surface area contributed by atoms with E-state index in [-0.39, 0.29) is 18.0 Å². The topological polar surface area (TPSA) is 75.3 Å². The molecule has 0 saturated carbocycles. The van der Waals surface area contributed by atoms with E-state index >= 15 is 0 Å². The van der Waals surface area contributed by atoms with Gasteiger partial charge in [0.25, 0.3) is 0 Å². The van der Waals surface area contributed by atoms with Crippen molar-refractivity contribution in [1.82, 2.24) is 14.9 Å². The van der Waals surface area contributed by atoms with Crippen molar-refractivity contribution < 1.29 is 4.79 Å². The Labute approximate surface area is 141 Å². The lowest BCUT2D eigenvalue weighted by atomic mass is 10.1. The number of carbonyl (C=O) groups excluding carboxylic acids is 1. The van der Waals surface area contributed by atoms with E-state index in [4.69, 9.17) is 5.73 Å². The first-order chi connectivity index (χ1) is 11.7. The Morgan fingerprint density at radius 2 is 1.96 bits per heavy atom. The zero-order chi connectivity index (χ0) is 16.5. The second-order valence-electron chi connectivity index (χ2n) is 6.45. The molecule has 6 nitrogen and oxygen atoms in total. The van der Waals surface area contributed by atoms with E-state index in [0.717, 1.165) is 36.6 Å². The molecule has 1 aromatic carbocycles. The fourth-order valence-corrected chi connectivity index (χ4v) is 3.64. The normalized spacial score (nSPS) is 24.0. The fourth-order valence-electron chi connectivity index (χ4n) is 3.64. The molecular formula is C18H21N5O. The van der Waals surface area contributed by atoms with Gasteiger partial charge in [-0.1, -0.05) is 30.3 Å². The van der Waals surface area contributed by atoms with Gasteiger partial charge in [-0.2, -0.15) is 0 Å². The first kappa shape index (κ1) is 15.1. The minimum Gasteiger partial charge on any atom is -0.353 e. The Morgan fingerprint density at radius 3 is 2.71 bits per heavy atom. The first-order valence-corrected chi connectivity index (χ1v) is 8.40. The van der Waals surface area contributed by atoms with Crippen LogP contribution in [0.3, 0.4) is 0 Å². The molecule has 2 unspecified atom stereocenters. The van der Waals surface area contributed by atoms with Gasteiger partial charge in [-0.25, -0.2) is 9.97 Å². The van der Waals surface area contributed by atoms with Gasteiger partial charge < -0.3 is 15.5 Å². The van der Waals surface area contributed by atoms with E-state index < -0.39 is 0 Å². The van der Waals surface area contributed by atoms with Crippen LogP contribution in [0.1, 0.15) is 12.8 Å². The number of nitrogens with two attached hydrogens (primary N) is 1. The van der Waals surface area contributed by atoms with Gasteiger partial charge in [0.1, 0.15) is 12.1 Å². The van der Waals surface area contributed by atoms with Crippen molar-refractivity contribution in [2.24, 2.45) is 5.73 Å². The van der Waals surface area contributed by atoms with Gasteiger partial charge in [0.05, 0.1) is 11.7 Å². The van der Waals surface area contributed by atoms with Gasteiger partial charge in [-0.05, 0) is 6.42 Å². The highest BCUT2D eigenvalue weighted by Crippen LogP contribution is 2.26. The summed E-state index contributed by atoms with van der Waals surface area (Å²) < 4.78 is 0. The van der Waals surface area contributed by atoms with E-state index in [1.54, 1.807) is 6.33 Å². The molecule has 2 atom stereocenters. The lowest BCUT2D eigenvalue weighted by molar-refractivity contribution is -0.129. The Kier molecular flexibility index (Phi) is 3.90. The number of nitrogens with zero attached hydrogens (tertiary/aromatic N) is 4. The fraction of sp³-hybridized carbons (Fsp3) is 0.389. The van der Waals surface area contributed by atoms with Crippen molar-refractivity contribution in [2.45, 2.75) is 24.9 Å². The molecule has 0 aliphatic carbocycles. The van der Waals surface area contributed by atoms with E-state index in [0.29, 0.717) is 13.0 Å². The monoisotopic (exact) mass is 323 g/mol. The summed E-state index contributed by atoms with van der Waals surface area (Å²) in [4.78, 5) is 24.9. The molecule has 124 valence electrons. The Bertz CT molecular complexity index is 735. The molecule has 2 fully saturated rings. The number of rotatable bonds is 3. The lowest BCUT2D eigenvalue weighted by Crippen LogP contribution is -2.47. The highest BCUT2D eigenvalue weighted by atomic mass is 16.2. The third-order valence-electron chi connectivity index (χ3n) is 4.89. The number of anilines is 1. The molecule has 2 N–H and O–H groups in total. The van der Waals surface area contributed by atoms with Gasteiger partial charge in [0, 0.05) is 43.7 Å². The summed E-state index contributed by atoms with van der Waals surface area (Å²) in [7, 11) is 0. The number of aromatic nitrogens is 2. The zero-order valence-electron chi connectivity index (χ0n) is 13.5. The molecule has 0 radical (unpaired) electrons. The van der Waals surface area contributed by atoms with Crippen molar-refractivity contribution in [2.75, 3.05) is 24.5 Å². The largest absolute Gasteiger partial charge is 0.353 e. The molecule has 2 aliphatic rings. The molecule has 3 heterocycles. The summed E-state index contributed by atoms with van der Waals surface area (Å²) in [6, 6.07) is 12.1. The zero-order valence-corrected chi connectivity index (χ0v) is 13.5. The van der Waals surface area contributed by atoms with Gasteiger partial charge in [-0.3, -0.25) is 4.79 Å². The molecule has 2 saturated heterocycles. The summed E-state index contributed by atoms with van der Waals surface area (Å²) in [5.74, 6) is 1.10. The highest BCUT2D eigenvalue weighted by Gasteiger charge is 2.38. The predicted octanol–water partition coefficient (Wildman–Crippen LogP) is 1.28. The van der Waals surface area contributed by atoms with Crippen LogP contribution in [0.25, 0.3) is 11.3 Å². The van der Waals surface area contributed by atoms with E-state index in [1.165, 1.54) is 0 Å². The number of carbonyl (C=O) groups is 1. The van der Waals surface area contributed by atoms with Crippen molar-refractivity contribution in [3.8, 4) is 11.3 Å². The highest BCUT2D eigenvalue weighted by molar-refractivity contribution is 5.78. The van der Waals surface area contributed by atoms with Crippen LogP contribution >= 0.6 is 0 Å². The lowest BCUT2D eigenvalue weighted by Gasteiger charge is -2.26. The number of hydrogen-bond donors (Lipinski definition) is 1. The SMILES string of the molecule is NC1CN(c2cc(-c3ccccc3)ncn2)CC1N1CCCC1=O. The average Bonchev–Trinajstić information content (AvgIpc) is 3.21. The molecule has 2 aliphatic heterocycles. The van der Waals surface area contributed by atoms with Crippen LogP contribution in [-0.2, 0) is 4.79 Å². The molecule has 1 amide bonds. The van der Waals surface area contributed by atoms with E-state index in [2.05, 4.69) is 14.9 Å². The second-order valence-corrected chi connectivity index (χ2v) is 6.45. The van der Waals surface area contributed by atoms with Crippen LogP contribution in [0.4, 0.5) is 5.82 Å². The minimum absolute atomic E-state index is 0.0396. The van der Waals surface area contributed by atoms with Gasteiger partial charge in [-0.15, -0.1) is 0 Å². The van der Waals surface area contributed by atoms with E-state index in [9.17, 15) is 4.79 Å². The van der Waals surface area contributed by atoms with Crippen molar-refractivity contribution in [3.05, 3.63) is 42.7 Å². The predicted molar refractivity (Wildman–Crippen MR) is 92.4 cm³/mol. The average molecular weight is 323 g/mol. The molecule has 0 spiro atoms. The van der Waals surface area contributed by atoms with Crippen LogP contribution < -0.4 is 10.6 Å². The molecular weight excluding hydrogens is 302 g/mol. The standard InChI is InChI=1S/C18H21N5O/c19-14-10-22(11-16(14)23-8-4-7-18(23)24)17-9-15(20-12-21-17)13-5-2-1-3-6-13/h1-3,5-6,9,12,14,16H,4,7-8,10-11,19H2. The summed E-state index contributed by atoms with van der Waals surface area (Å²) in [5, 5.41) is 0. The number of hydrogen-bond acceptors (Lipinski definition) is 5. The third-order valence-corrected chi connectivity index (χ3v) is 4.89. The minimum atomic E-state index is -0.0396. The van der Waals surface area contributed by atoms with Crippen molar-refractivity contribution in [1.29, 1.82) is 0 Å². The second kappa shape index (κ2) is 6.20. The summed E-state index contributed by atoms with van der Waals surface area (Å²) in [6.45, 7) is 2.27. The Hall–Kier alpha value is -2.47. The van der Waals surface area contributed by atoms with Crippen molar-refractivity contribution in [3.63, 3.8) is 0 Å². The number of amides is 1. The van der Waals surface area contributed by atoms with Gasteiger partial charge >= 0.3 is 0 Å². The molecule has 2 aromatic rings. The van der Waals surface area contributed by atoms with Gasteiger partial charge in [0.15, 0.2) is 0 Å².